The Hall–Kier alpha value is -2.85. The Bertz CT molecular complexity index is 1210. The molecule has 30 heavy (non-hydrogen) atoms. The van der Waals surface area contributed by atoms with Gasteiger partial charge in [0.05, 0.1) is 29.3 Å². The van der Waals surface area contributed by atoms with E-state index in [1.54, 1.807) is 54.1 Å². The molecule has 0 saturated carbocycles. The summed E-state index contributed by atoms with van der Waals surface area (Å²) in [6.07, 6.45) is 1.65. The minimum Gasteiger partial charge on any atom is -0.497 e. The quantitative estimate of drug-likeness (QED) is 0.570. The fourth-order valence-electron chi connectivity index (χ4n) is 3.05. The number of hydrogen-bond donors (Lipinski definition) is 1. The van der Waals surface area contributed by atoms with Crippen LogP contribution in [-0.2, 0) is 21.9 Å². The molecule has 0 spiro atoms. The van der Waals surface area contributed by atoms with Crippen molar-refractivity contribution < 1.29 is 17.9 Å². The molecule has 160 valence electrons. The van der Waals surface area contributed by atoms with Gasteiger partial charge in [-0.15, -0.1) is 0 Å². The predicted molar refractivity (Wildman–Crippen MR) is 120 cm³/mol. The number of amides is 1. The van der Waals surface area contributed by atoms with Crippen LogP contribution in [0, 0.1) is 0 Å². The number of aryl methyl sites for hydroxylation is 1. The van der Waals surface area contributed by atoms with E-state index >= 15 is 0 Å². The number of ether oxygens (including phenoxy) is 1. The van der Waals surface area contributed by atoms with Gasteiger partial charge < -0.3 is 14.6 Å². The number of sulfonamides is 1. The normalized spacial score (nSPS) is 11.4. The number of benzene rings is 2. The highest BCUT2D eigenvalue weighted by Gasteiger charge is 2.18. The number of nitrogens with one attached hydrogen (secondary N) is 1. The number of carbonyl (C=O) groups is 1. The number of fused-ring (bicyclic) bond motifs is 1. The molecule has 0 atom stereocenters. The fraction of sp³-hybridized carbons (Fsp3) is 0.300. The fourth-order valence-corrected chi connectivity index (χ4v) is 4.94. The summed E-state index contributed by atoms with van der Waals surface area (Å²) >= 11 is 1.12. The highest BCUT2D eigenvalue weighted by molar-refractivity contribution is 7.92. The maximum absolute atomic E-state index is 12.3. The van der Waals surface area contributed by atoms with Gasteiger partial charge in [0.2, 0.25) is 15.9 Å². The van der Waals surface area contributed by atoms with Gasteiger partial charge in [-0.2, -0.15) is 0 Å². The Morgan fingerprint density at radius 2 is 1.90 bits per heavy atom. The lowest BCUT2D eigenvalue weighted by Crippen LogP contribution is -2.31. The van der Waals surface area contributed by atoms with E-state index in [1.165, 1.54) is 11.4 Å². The molecule has 10 heteroatoms. The average molecular weight is 450 g/mol. The standard InChI is InChI=1S/C20H23N3O5S2/c1-22-17-11-6-14(13-18(17)29-20(22)25)21-19(24)5-4-12-23(30(3,26)27)15-7-9-16(28-2)10-8-15/h6-11,13H,4-5,12H2,1-3H3,(H,21,24). The van der Waals surface area contributed by atoms with E-state index in [2.05, 4.69) is 5.32 Å². The second-order valence-electron chi connectivity index (χ2n) is 6.79. The highest BCUT2D eigenvalue weighted by atomic mass is 32.2. The summed E-state index contributed by atoms with van der Waals surface area (Å²) in [5.41, 5.74) is 1.93. The first-order valence-corrected chi connectivity index (χ1v) is 11.9. The molecule has 0 aliphatic heterocycles. The first-order valence-electron chi connectivity index (χ1n) is 9.20. The lowest BCUT2D eigenvalue weighted by atomic mass is 10.2. The maximum atomic E-state index is 12.3. The lowest BCUT2D eigenvalue weighted by Gasteiger charge is -2.22. The smallest absolute Gasteiger partial charge is 0.307 e. The van der Waals surface area contributed by atoms with Crippen molar-refractivity contribution in [2.75, 3.05) is 29.5 Å². The molecule has 1 amide bonds. The molecule has 8 nitrogen and oxygen atoms in total. The molecule has 0 unspecified atom stereocenters. The molecule has 1 N–H and O–H groups in total. The van der Waals surface area contributed by atoms with Gasteiger partial charge in [0.15, 0.2) is 0 Å². The van der Waals surface area contributed by atoms with Crippen LogP contribution in [0.3, 0.4) is 0 Å². The zero-order valence-corrected chi connectivity index (χ0v) is 18.5. The minimum atomic E-state index is -3.49. The SMILES string of the molecule is COc1ccc(N(CCCC(=O)Nc2ccc3c(c2)sc(=O)n3C)S(C)(=O)=O)cc1. The summed E-state index contributed by atoms with van der Waals surface area (Å²) in [6, 6.07) is 12.0. The van der Waals surface area contributed by atoms with Gasteiger partial charge in [0.25, 0.3) is 0 Å². The zero-order valence-electron chi connectivity index (χ0n) is 16.9. The molecule has 0 aliphatic carbocycles. The monoisotopic (exact) mass is 449 g/mol. The molecule has 3 rings (SSSR count). The molecule has 0 aliphatic rings. The van der Waals surface area contributed by atoms with Crippen molar-refractivity contribution in [3.8, 4) is 5.75 Å². The number of anilines is 2. The summed E-state index contributed by atoms with van der Waals surface area (Å²) in [4.78, 5) is 24.0. The van der Waals surface area contributed by atoms with Crippen molar-refractivity contribution >= 4 is 48.9 Å². The Morgan fingerprint density at radius 3 is 2.53 bits per heavy atom. The number of carbonyl (C=O) groups excluding carboxylic acids is 1. The van der Waals surface area contributed by atoms with E-state index < -0.39 is 10.0 Å². The third kappa shape index (κ3) is 5.00. The molecule has 0 fully saturated rings. The molecule has 2 aromatic carbocycles. The number of aromatic nitrogens is 1. The zero-order chi connectivity index (χ0) is 21.9. The van der Waals surface area contributed by atoms with Crippen molar-refractivity contribution in [3.05, 3.63) is 52.1 Å². The van der Waals surface area contributed by atoms with E-state index in [1.807, 2.05) is 0 Å². The largest absolute Gasteiger partial charge is 0.497 e. The summed E-state index contributed by atoms with van der Waals surface area (Å²) in [5.74, 6) is 0.410. The Balaban J connectivity index is 1.62. The van der Waals surface area contributed by atoms with Gasteiger partial charge in [-0.05, 0) is 48.9 Å². The van der Waals surface area contributed by atoms with Gasteiger partial charge in [0, 0.05) is 25.7 Å². The van der Waals surface area contributed by atoms with Crippen molar-refractivity contribution in [2.24, 2.45) is 7.05 Å². The molecule has 3 aromatic rings. The summed E-state index contributed by atoms with van der Waals surface area (Å²) in [5, 5.41) is 2.80. The van der Waals surface area contributed by atoms with Crippen molar-refractivity contribution in [1.29, 1.82) is 0 Å². The Morgan fingerprint density at radius 1 is 1.20 bits per heavy atom. The van der Waals surface area contributed by atoms with E-state index in [4.69, 9.17) is 4.74 Å². The second kappa shape index (κ2) is 8.88. The van der Waals surface area contributed by atoms with Crippen LogP contribution in [0.25, 0.3) is 10.2 Å². The summed E-state index contributed by atoms with van der Waals surface area (Å²) < 4.78 is 33.1. The molecule has 0 bridgehead atoms. The van der Waals surface area contributed by atoms with Crippen LogP contribution in [-0.4, -0.2) is 38.8 Å². The van der Waals surface area contributed by atoms with Crippen molar-refractivity contribution in [3.63, 3.8) is 0 Å². The van der Waals surface area contributed by atoms with E-state index in [9.17, 15) is 18.0 Å². The second-order valence-corrected chi connectivity index (χ2v) is 9.69. The van der Waals surface area contributed by atoms with Crippen LogP contribution in [0.2, 0.25) is 0 Å². The van der Waals surface area contributed by atoms with Gasteiger partial charge >= 0.3 is 4.87 Å². The number of rotatable bonds is 8. The van der Waals surface area contributed by atoms with Gasteiger partial charge in [-0.1, -0.05) is 11.3 Å². The molecular weight excluding hydrogens is 426 g/mol. The van der Waals surface area contributed by atoms with Crippen LogP contribution in [0.5, 0.6) is 5.75 Å². The van der Waals surface area contributed by atoms with Crippen LogP contribution >= 0.6 is 11.3 Å². The third-order valence-corrected chi connectivity index (χ3v) is 6.79. The van der Waals surface area contributed by atoms with Crippen LogP contribution in [0.15, 0.2) is 47.3 Å². The van der Waals surface area contributed by atoms with Crippen LogP contribution in [0.1, 0.15) is 12.8 Å². The van der Waals surface area contributed by atoms with Gasteiger partial charge in [-0.25, -0.2) is 8.42 Å². The number of nitrogens with zero attached hydrogens (tertiary/aromatic N) is 2. The Labute approximate surface area is 178 Å². The molecule has 0 saturated heterocycles. The lowest BCUT2D eigenvalue weighted by molar-refractivity contribution is -0.116. The van der Waals surface area contributed by atoms with Gasteiger partial charge in [0.1, 0.15) is 5.75 Å². The predicted octanol–water partition coefficient (Wildman–Crippen LogP) is 2.79. The number of hydrogen-bond acceptors (Lipinski definition) is 6. The van der Waals surface area contributed by atoms with E-state index in [0.717, 1.165) is 27.8 Å². The Kier molecular flexibility index (Phi) is 6.47. The van der Waals surface area contributed by atoms with Crippen LogP contribution < -0.4 is 19.2 Å². The number of methoxy groups -OCH3 is 1. The number of thiazole rings is 1. The molecule has 0 radical (unpaired) electrons. The first kappa shape index (κ1) is 21.8. The maximum Gasteiger partial charge on any atom is 0.307 e. The van der Waals surface area contributed by atoms with Crippen molar-refractivity contribution in [1.82, 2.24) is 4.57 Å². The average Bonchev–Trinajstić information content (AvgIpc) is 2.97. The summed E-state index contributed by atoms with van der Waals surface area (Å²) in [7, 11) is -0.247. The third-order valence-electron chi connectivity index (χ3n) is 4.60. The first-order chi connectivity index (χ1) is 14.2. The molecular formula is C20H23N3O5S2. The van der Waals surface area contributed by atoms with E-state index in [-0.39, 0.29) is 23.7 Å². The van der Waals surface area contributed by atoms with Crippen LogP contribution in [0.4, 0.5) is 11.4 Å². The summed E-state index contributed by atoms with van der Waals surface area (Å²) in [6.45, 7) is 0.178. The topological polar surface area (TPSA) is 97.7 Å². The molecule has 1 aromatic heterocycles. The minimum absolute atomic E-state index is 0.0622. The molecule has 1 heterocycles. The highest BCUT2D eigenvalue weighted by Crippen LogP contribution is 2.23. The van der Waals surface area contributed by atoms with Gasteiger partial charge in [-0.3, -0.25) is 13.9 Å². The van der Waals surface area contributed by atoms with E-state index in [0.29, 0.717) is 23.5 Å². The van der Waals surface area contributed by atoms with Crippen molar-refractivity contribution in [2.45, 2.75) is 12.8 Å².